The number of thioether (sulfide) groups is 1. The lowest BCUT2D eigenvalue weighted by Crippen LogP contribution is -2.26. The Hall–Kier alpha value is -9.27. The number of fused-ring (bicyclic) bond motifs is 13. The lowest BCUT2D eigenvalue weighted by molar-refractivity contribution is 0.312. The Morgan fingerprint density at radius 1 is 0.463 bits per heavy atom. The van der Waals surface area contributed by atoms with Crippen LogP contribution < -0.4 is 4.90 Å². The predicted molar refractivity (Wildman–Crippen MR) is 457 cm³/mol. The van der Waals surface area contributed by atoms with E-state index in [1.165, 1.54) is 133 Å². The molecule has 17 rings (SSSR count). The van der Waals surface area contributed by atoms with Crippen molar-refractivity contribution in [3.63, 3.8) is 0 Å². The zero-order valence-electron chi connectivity index (χ0n) is 64.6. The number of halogens is 2. The summed E-state index contributed by atoms with van der Waals surface area (Å²) in [7, 11) is 9.46. The molecule has 10 heterocycles. The standard InChI is InChI=1S/C23H24N4.C22H23ClN2O2S.C22H23ClN2S.C22H27N5/c1-15-4-7-22-18(10-15)19-13-26(3)9-8-23(19)27(22)12-16(2)17-5-6-20-21(11-17)25-14-24-20;1-15(16-4-7-18(8-5-16)28(3,26)27)13-25-21-9-6-17(23)12-19(21)20-14-24(2)11-10-22(20)25;1-15(16-4-7-18(26-3)8-5-16)13-25-21-9-6-17(23)12-19(21)20-14-24(2)11-10-22(20)25;1-15-6-7-20-18(10-15)19-14-26(5)9-8-21(19)27(20)13-16(2)17-11-23-22(24-12-17)25(3)4/h4-7,10-12,14H,8-9,13H2,1-3H3,(H,24,25);4-9,12-13H,10-11,14H2,1-3H3;4-9,12-13H,10-11,14H2,1-3H3;6-7,10-13H,8-9,14H2,1-5H3/b16-12+;2*15-13+;16-13-. The second-order valence-electron chi connectivity index (χ2n) is 30.1. The van der Waals surface area contributed by atoms with Crippen molar-refractivity contribution < 1.29 is 8.42 Å². The number of aromatic amines is 1. The zero-order valence-corrected chi connectivity index (χ0v) is 67.7. The Bertz CT molecular complexity index is 5810. The van der Waals surface area contributed by atoms with Crippen LogP contribution in [-0.4, -0.2) is 147 Å². The molecule has 0 fully saturated rings. The normalized spacial score (nSPS) is 15.5. The molecular weight excluding hydrogens is 1420 g/mol. The van der Waals surface area contributed by atoms with Gasteiger partial charge in [0.15, 0.2) is 9.84 Å². The Balaban J connectivity index is 0.000000121. The average molecular weight is 1520 g/mol. The first kappa shape index (κ1) is 75.5. The summed E-state index contributed by atoms with van der Waals surface area (Å²) >= 11 is 14.3. The Labute approximate surface area is 650 Å². The lowest BCUT2D eigenvalue weighted by atomic mass is 10.0. The van der Waals surface area contributed by atoms with E-state index >= 15 is 0 Å². The summed E-state index contributed by atoms with van der Waals surface area (Å²) in [5.41, 5.74) is 30.3. The van der Waals surface area contributed by atoms with Crippen LogP contribution in [0.25, 0.3) is 102 Å². The monoisotopic (exact) mass is 1510 g/mol. The van der Waals surface area contributed by atoms with E-state index in [1.807, 2.05) is 55.7 Å². The number of likely N-dealkylation sites (N-methyl/N-ethyl adjacent to an activating group) is 4. The number of imidazole rings is 1. The third-order valence-corrected chi connectivity index (χ3v) is 24.0. The molecule has 0 saturated heterocycles. The number of anilines is 1. The maximum atomic E-state index is 11.7. The summed E-state index contributed by atoms with van der Waals surface area (Å²) in [5, 5.41) is 6.80. The number of hydrogen-bond acceptors (Lipinski definition) is 11. The van der Waals surface area contributed by atoms with E-state index in [1.54, 1.807) is 30.2 Å². The molecule has 6 aromatic heterocycles. The van der Waals surface area contributed by atoms with Crippen molar-refractivity contribution in [1.29, 1.82) is 0 Å². The van der Waals surface area contributed by atoms with Gasteiger partial charge in [-0.2, -0.15) is 0 Å². The average Bonchev–Trinajstić information content (AvgIpc) is 1.62. The zero-order chi connectivity index (χ0) is 76.0. The minimum absolute atomic E-state index is 0.338. The molecule has 7 aromatic carbocycles. The van der Waals surface area contributed by atoms with Crippen molar-refractivity contribution in [2.75, 3.05) is 85.9 Å². The van der Waals surface area contributed by atoms with Gasteiger partial charge in [-0.15, -0.1) is 11.8 Å². The van der Waals surface area contributed by atoms with Crippen molar-refractivity contribution >= 4 is 152 Å². The molecule has 4 aliphatic rings. The van der Waals surface area contributed by atoms with Gasteiger partial charge in [-0.05, 0) is 234 Å². The predicted octanol–water partition coefficient (Wildman–Crippen LogP) is 19.4. The van der Waals surface area contributed by atoms with Crippen LogP contribution in [0.15, 0.2) is 168 Å². The molecule has 0 spiro atoms. The summed E-state index contributed by atoms with van der Waals surface area (Å²) in [4.78, 5) is 29.5. The maximum absolute atomic E-state index is 11.7. The lowest BCUT2D eigenvalue weighted by Gasteiger charge is -2.23. The van der Waals surface area contributed by atoms with E-state index in [0.717, 1.165) is 127 Å². The van der Waals surface area contributed by atoms with Crippen LogP contribution in [0.5, 0.6) is 0 Å². The van der Waals surface area contributed by atoms with E-state index in [4.69, 9.17) is 23.2 Å². The van der Waals surface area contributed by atoms with Crippen molar-refractivity contribution in [3.05, 3.63) is 247 Å². The largest absolute Gasteiger partial charge is 0.347 e. The van der Waals surface area contributed by atoms with Gasteiger partial charge >= 0.3 is 0 Å². The Morgan fingerprint density at radius 3 is 1.21 bits per heavy atom. The van der Waals surface area contributed by atoms with Crippen LogP contribution in [0.4, 0.5) is 5.95 Å². The van der Waals surface area contributed by atoms with Crippen LogP contribution in [-0.2, 0) is 61.7 Å². The van der Waals surface area contributed by atoms with Gasteiger partial charge in [0.25, 0.3) is 0 Å². The maximum Gasteiger partial charge on any atom is 0.224 e. The van der Waals surface area contributed by atoms with Crippen LogP contribution >= 0.6 is 35.0 Å². The molecule has 15 nitrogen and oxygen atoms in total. The summed E-state index contributed by atoms with van der Waals surface area (Å²) in [6, 6.07) is 48.2. The van der Waals surface area contributed by atoms with Gasteiger partial charge in [-0.1, -0.05) is 76.8 Å². The second kappa shape index (κ2) is 31.7. The van der Waals surface area contributed by atoms with Crippen LogP contribution in [0, 0.1) is 13.8 Å². The minimum atomic E-state index is -3.19. The summed E-state index contributed by atoms with van der Waals surface area (Å²) in [6.45, 7) is 21.2. The first-order chi connectivity index (χ1) is 51.8. The molecule has 13 aromatic rings. The van der Waals surface area contributed by atoms with Crippen molar-refractivity contribution in [3.8, 4) is 0 Å². The minimum Gasteiger partial charge on any atom is -0.347 e. The van der Waals surface area contributed by atoms with Crippen LogP contribution in [0.2, 0.25) is 10.0 Å². The van der Waals surface area contributed by atoms with E-state index in [-0.39, 0.29) is 0 Å². The van der Waals surface area contributed by atoms with Crippen molar-refractivity contribution in [2.24, 2.45) is 0 Å². The highest BCUT2D eigenvalue weighted by Crippen LogP contribution is 2.39. The number of allylic oxidation sites excluding steroid dienone is 4. The number of nitrogens with zero attached hydrogens (tertiary/aromatic N) is 12. The number of aromatic nitrogens is 8. The molecule has 0 bridgehead atoms. The summed E-state index contributed by atoms with van der Waals surface area (Å²) in [5.74, 6) is 0.730. The van der Waals surface area contributed by atoms with E-state index in [0.29, 0.717) is 4.90 Å². The topological polar surface area (TPSA) is 125 Å². The molecular formula is C89H97Cl2N13O2S2. The quantitative estimate of drug-likeness (QED) is 0.124. The number of rotatable bonds is 11. The van der Waals surface area contributed by atoms with Gasteiger partial charge in [-0.25, -0.2) is 23.4 Å². The molecule has 0 radical (unpaired) electrons. The van der Waals surface area contributed by atoms with E-state index in [9.17, 15) is 8.42 Å². The van der Waals surface area contributed by atoms with Gasteiger partial charge in [0, 0.05) is 200 Å². The third kappa shape index (κ3) is 16.0. The van der Waals surface area contributed by atoms with Crippen LogP contribution in [0.3, 0.4) is 0 Å². The van der Waals surface area contributed by atoms with Gasteiger partial charge in [0.2, 0.25) is 5.95 Å². The molecule has 556 valence electrons. The molecule has 4 aliphatic heterocycles. The Morgan fingerprint density at radius 2 is 0.824 bits per heavy atom. The van der Waals surface area contributed by atoms with Gasteiger partial charge in [0.1, 0.15) is 0 Å². The molecule has 108 heavy (non-hydrogen) atoms. The number of aryl methyl sites for hydroxylation is 2. The SMILES string of the molecule is C/C(=C/n1c2c(c3cc(C)ccc31)CN(C)CC2)c1cnc(N(C)C)nc1.C/C(=C\n1c2c(c3cc(C)ccc31)CN(C)CC2)c1ccc2nc[nH]c2c1.C/C(=C\n1c2c(c3cc(Cl)ccc31)CN(C)CC2)c1ccc(S(C)(=O)=O)cc1.CSc1ccc(/C(C)=C/n2c3c(c4cc(Cl)ccc42)CN(C)CC3)cc1. The summed E-state index contributed by atoms with van der Waals surface area (Å²) < 4.78 is 32.8. The van der Waals surface area contributed by atoms with Gasteiger partial charge < -0.3 is 47.8 Å². The smallest absolute Gasteiger partial charge is 0.224 e. The molecule has 0 atom stereocenters. The highest BCUT2D eigenvalue weighted by Gasteiger charge is 2.27. The van der Waals surface area contributed by atoms with E-state index in [2.05, 4.69) is 262 Å². The number of sulfone groups is 1. The van der Waals surface area contributed by atoms with E-state index < -0.39 is 9.84 Å². The fraction of sp³-hybridized carbons (Fsp3) is 0.292. The molecule has 1 N–H and O–H groups in total. The molecule has 0 amide bonds. The highest BCUT2D eigenvalue weighted by atomic mass is 35.5. The number of hydrogen-bond donors (Lipinski definition) is 1. The van der Waals surface area contributed by atoms with Gasteiger partial charge in [0.05, 0.1) is 44.3 Å². The number of benzene rings is 7. The molecule has 0 unspecified atom stereocenters. The highest BCUT2D eigenvalue weighted by molar-refractivity contribution is 7.98. The van der Waals surface area contributed by atoms with Crippen molar-refractivity contribution in [2.45, 2.75) is 103 Å². The van der Waals surface area contributed by atoms with Crippen LogP contribution in [0.1, 0.15) is 106 Å². The fourth-order valence-corrected chi connectivity index (χ4v) is 17.1. The fourth-order valence-electron chi connectivity index (χ4n) is 15.7. The molecule has 0 saturated carbocycles. The van der Waals surface area contributed by atoms with Crippen molar-refractivity contribution in [1.82, 2.24) is 57.8 Å². The molecule has 19 heteroatoms. The number of H-pyrrole nitrogens is 1. The van der Waals surface area contributed by atoms with Gasteiger partial charge in [-0.3, -0.25) is 0 Å². The summed E-state index contributed by atoms with van der Waals surface area (Å²) in [6.07, 6.45) is 22.1. The first-order valence-electron chi connectivity index (χ1n) is 37.1. The Kier molecular flexibility index (Phi) is 22.2. The first-order valence-corrected chi connectivity index (χ1v) is 40.9. The number of nitrogens with one attached hydrogen (secondary N) is 1. The second-order valence-corrected chi connectivity index (χ2v) is 33.8. The third-order valence-electron chi connectivity index (χ3n) is 21.7. The molecule has 0 aliphatic carbocycles.